The van der Waals surface area contributed by atoms with Crippen molar-refractivity contribution in [3.63, 3.8) is 0 Å². The van der Waals surface area contributed by atoms with Gasteiger partial charge in [-0.15, -0.1) is 24.8 Å². The average Bonchev–Trinajstić information content (AvgIpc) is 1.85. The van der Waals surface area contributed by atoms with Crippen LogP contribution in [0.5, 0.6) is 0 Å². The molecule has 0 aromatic rings. The molecule has 0 N–H and O–H groups in total. The summed E-state index contributed by atoms with van der Waals surface area (Å²) < 4.78 is 10.7. The largest absolute Gasteiger partial charge is 0.147 e. The molecule has 0 aliphatic rings. The van der Waals surface area contributed by atoms with Crippen LogP contribution in [0, 0.1) is 11.8 Å². The Morgan fingerprint density at radius 2 is 1.15 bits per heavy atom. The van der Waals surface area contributed by atoms with E-state index in [1.54, 1.807) is 0 Å². The van der Waals surface area contributed by atoms with Gasteiger partial charge in [-0.3, -0.25) is 0 Å². The molecule has 0 fully saturated rings. The zero-order valence-electron chi connectivity index (χ0n) is 8.70. The molecule has 5 heteroatoms. The normalized spacial score (nSPS) is 9.38. The summed E-state index contributed by atoms with van der Waals surface area (Å²) in [4.78, 5) is 0. The molecule has 0 aliphatic carbocycles. The second-order valence-corrected chi connectivity index (χ2v) is 4.65. The summed E-state index contributed by atoms with van der Waals surface area (Å²) in [6, 6.07) is 0. The van der Waals surface area contributed by atoms with Gasteiger partial charge in [0.15, 0.2) is 0 Å². The zero-order chi connectivity index (χ0) is 8.69. The second kappa shape index (κ2) is 13.2. The summed E-state index contributed by atoms with van der Waals surface area (Å²) in [5.41, 5.74) is 0. The van der Waals surface area contributed by atoms with Crippen molar-refractivity contribution in [3.8, 4) is 0 Å². The monoisotopic (exact) mass is 266 g/mol. The second-order valence-electron chi connectivity index (χ2n) is 3.49. The zero-order valence-corrected chi connectivity index (χ0v) is 11.9. The molecule has 0 rings (SSSR count). The van der Waals surface area contributed by atoms with Gasteiger partial charge in [-0.05, 0) is 0 Å². The van der Waals surface area contributed by atoms with Gasteiger partial charge < -0.3 is 0 Å². The Morgan fingerprint density at radius 1 is 0.846 bits per heavy atom. The average molecular weight is 267 g/mol. The van der Waals surface area contributed by atoms with E-state index in [1.165, 1.54) is 0 Å². The van der Waals surface area contributed by atoms with Crippen LogP contribution in [0.1, 0.15) is 27.7 Å². The summed E-state index contributed by atoms with van der Waals surface area (Å²) in [5.74, 6) is 1.25. The van der Waals surface area contributed by atoms with Crippen LogP contribution >= 0.6 is 24.8 Å². The van der Waals surface area contributed by atoms with Gasteiger partial charge in [-0.2, -0.15) is 0 Å². The molecular weight excluding hydrogens is 247 g/mol. The number of rotatable bonds is 6. The Labute approximate surface area is 104 Å². The van der Waals surface area contributed by atoms with Gasteiger partial charge in [0.1, 0.15) is 0 Å². The third-order valence-corrected chi connectivity index (χ3v) is 1.84. The van der Waals surface area contributed by atoms with Crippen LogP contribution in [0.2, 0.25) is 0 Å². The van der Waals surface area contributed by atoms with Crippen molar-refractivity contribution < 1.29 is 26.6 Å². The van der Waals surface area contributed by atoms with Crippen molar-refractivity contribution in [1.82, 2.24) is 0 Å². The predicted octanol–water partition coefficient (Wildman–Crippen LogP) is 3.09. The maximum Gasteiger partial charge on any atom is -0.147 e. The molecule has 82 valence electrons. The minimum atomic E-state index is -0.563. The Bertz CT molecular complexity index is 82.2. The van der Waals surface area contributed by atoms with E-state index in [-0.39, 0.29) is 24.8 Å². The molecule has 0 aromatic heterocycles. The first-order valence-corrected chi connectivity index (χ1v) is 5.39. The van der Waals surface area contributed by atoms with Crippen molar-refractivity contribution >= 4 is 24.8 Å². The topological polar surface area (TPSA) is 18.5 Å². The molecule has 13 heavy (non-hydrogen) atoms. The maximum atomic E-state index is 5.35. The molecule has 0 unspecified atom stereocenters. The first kappa shape index (κ1) is 19.7. The molecule has 0 bridgehead atoms. The standard InChI is InChI=1S/2C4H9O.2ClH.Ti/c2*1-4(2)3-5;;;/h2*4H,3H2,1-2H3;2*1H;/q2*-1;;;+2. The van der Waals surface area contributed by atoms with Crippen molar-refractivity contribution in [2.24, 2.45) is 11.8 Å². The van der Waals surface area contributed by atoms with Gasteiger partial charge in [-0.1, -0.05) is 0 Å². The van der Waals surface area contributed by atoms with E-state index < -0.39 is 19.9 Å². The molecule has 0 aliphatic heterocycles. The van der Waals surface area contributed by atoms with Crippen LogP contribution in [-0.4, -0.2) is 13.2 Å². The van der Waals surface area contributed by atoms with Crippen molar-refractivity contribution in [1.29, 1.82) is 0 Å². The molecule has 0 saturated heterocycles. The van der Waals surface area contributed by atoms with Crippen molar-refractivity contribution in [3.05, 3.63) is 0 Å². The SMILES string of the molecule is CC(C)C[O][Ti][O]CC(C)C.Cl.Cl. The quantitative estimate of drug-likeness (QED) is 0.543. The van der Waals surface area contributed by atoms with Gasteiger partial charge in [-0.25, -0.2) is 0 Å². The minimum Gasteiger partial charge on any atom is -0.147 e. The third kappa shape index (κ3) is 19.6. The fourth-order valence-corrected chi connectivity index (χ4v) is 1.83. The van der Waals surface area contributed by atoms with Crippen LogP contribution in [0.15, 0.2) is 0 Å². The van der Waals surface area contributed by atoms with E-state index in [2.05, 4.69) is 27.7 Å². The fraction of sp³-hybridized carbons (Fsp3) is 1.00. The number of halogens is 2. The molecule has 0 aromatic carbocycles. The van der Waals surface area contributed by atoms with Gasteiger partial charge >= 0.3 is 79.3 Å². The van der Waals surface area contributed by atoms with Crippen LogP contribution in [0.3, 0.4) is 0 Å². The summed E-state index contributed by atoms with van der Waals surface area (Å²) in [6.07, 6.45) is 0. The molecule has 0 heterocycles. The smallest absolute Gasteiger partial charge is 0.147 e. The molecule has 0 atom stereocenters. The summed E-state index contributed by atoms with van der Waals surface area (Å²) in [5, 5.41) is 0. The van der Waals surface area contributed by atoms with E-state index in [4.69, 9.17) is 6.64 Å². The Balaban J connectivity index is -0.000000500. The maximum absolute atomic E-state index is 5.35. The number of hydrogen-bond acceptors (Lipinski definition) is 2. The first-order valence-electron chi connectivity index (χ1n) is 4.11. The van der Waals surface area contributed by atoms with Gasteiger partial charge in [0.05, 0.1) is 0 Å². The van der Waals surface area contributed by atoms with Crippen LogP contribution < -0.4 is 0 Å². The minimum absolute atomic E-state index is 0. The van der Waals surface area contributed by atoms with Crippen LogP contribution in [0.25, 0.3) is 0 Å². The van der Waals surface area contributed by atoms with Gasteiger partial charge in [0, 0.05) is 0 Å². The van der Waals surface area contributed by atoms with E-state index in [0.29, 0.717) is 11.8 Å². The Morgan fingerprint density at radius 3 is 1.38 bits per heavy atom. The summed E-state index contributed by atoms with van der Waals surface area (Å²) in [7, 11) is 0. The van der Waals surface area contributed by atoms with E-state index in [9.17, 15) is 0 Å². The van der Waals surface area contributed by atoms with Crippen LogP contribution in [-0.2, 0) is 26.6 Å². The number of hydrogen-bond donors (Lipinski definition) is 0. The van der Waals surface area contributed by atoms with E-state index in [1.807, 2.05) is 0 Å². The summed E-state index contributed by atoms with van der Waals surface area (Å²) in [6.45, 7) is 10.3. The van der Waals surface area contributed by atoms with E-state index >= 15 is 0 Å². The Hall–Kier alpha value is 1.21. The molecule has 0 radical (unpaired) electrons. The molecule has 0 spiro atoms. The first-order chi connectivity index (χ1) is 5.13. The molecular formula is C8H20Cl2O2Ti. The van der Waals surface area contributed by atoms with Gasteiger partial charge in [0.2, 0.25) is 0 Å². The van der Waals surface area contributed by atoms with E-state index in [0.717, 1.165) is 13.2 Å². The molecule has 2 nitrogen and oxygen atoms in total. The predicted molar refractivity (Wildman–Crippen MR) is 56.1 cm³/mol. The Kier molecular flexibility index (Phi) is 20.1. The molecule has 0 amide bonds. The van der Waals surface area contributed by atoms with Crippen molar-refractivity contribution in [2.45, 2.75) is 27.7 Å². The van der Waals surface area contributed by atoms with Gasteiger partial charge in [0.25, 0.3) is 0 Å². The van der Waals surface area contributed by atoms with Crippen molar-refractivity contribution in [2.75, 3.05) is 13.2 Å². The van der Waals surface area contributed by atoms with Crippen LogP contribution in [0.4, 0.5) is 0 Å². The summed E-state index contributed by atoms with van der Waals surface area (Å²) >= 11 is -0.563. The fourth-order valence-electron chi connectivity index (χ4n) is 0.443. The molecule has 0 saturated carbocycles. The third-order valence-electron chi connectivity index (χ3n) is 0.951.